The molecule has 0 aromatic heterocycles. The van der Waals surface area contributed by atoms with Crippen molar-refractivity contribution in [2.45, 2.75) is 39.7 Å². The number of aliphatic hydroxyl groups excluding tert-OH is 1. The lowest BCUT2D eigenvalue weighted by Crippen LogP contribution is -2.43. The maximum atomic E-state index is 11.8. The van der Waals surface area contributed by atoms with Crippen molar-refractivity contribution in [3.63, 3.8) is 0 Å². The first-order valence-corrected chi connectivity index (χ1v) is 4.91. The number of imide groups is 1. The standard InChI is InChI=1S/C10H17NO3/c1-4-7(6-12)11-8(13)5-10(2,3)9(11)14/h7,12H,4-6H2,1-3H3. The molecule has 0 aromatic rings. The number of hydrogen-bond acceptors (Lipinski definition) is 3. The second-order valence-electron chi connectivity index (χ2n) is 4.37. The average molecular weight is 199 g/mol. The topological polar surface area (TPSA) is 57.6 Å². The lowest BCUT2D eigenvalue weighted by molar-refractivity contribution is -0.144. The van der Waals surface area contributed by atoms with Crippen molar-refractivity contribution in [2.24, 2.45) is 5.41 Å². The number of hydrogen-bond donors (Lipinski definition) is 1. The van der Waals surface area contributed by atoms with E-state index in [-0.39, 0.29) is 30.9 Å². The molecular weight excluding hydrogens is 182 g/mol. The Labute approximate surface area is 83.9 Å². The van der Waals surface area contributed by atoms with Gasteiger partial charge < -0.3 is 5.11 Å². The predicted octanol–water partition coefficient (Wildman–Crippen LogP) is 0.542. The van der Waals surface area contributed by atoms with E-state index in [9.17, 15) is 9.59 Å². The molecule has 1 fully saturated rings. The molecule has 1 aliphatic heterocycles. The Morgan fingerprint density at radius 2 is 2.07 bits per heavy atom. The van der Waals surface area contributed by atoms with Crippen LogP contribution in [0.5, 0.6) is 0 Å². The summed E-state index contributed by atoms with van der Waals surface area (Å²) in [4.78, 5) is 24.6. The zero-order valence-electron chi connectivity index (χ0n) is 8.91. The lowest BCUT2D eigenvalue weighted by Gasteiger charge is -2.24. The van der Waals surface area contributed by atoms with Gasteiger partial charge in [0, 0.05) is 6.42 Å². The van der Waals surface area contributed by atoms with Crippen LogP contribution in [0.4, 0.5) is 0 Å². The number of carbonyl (C=O) groups is 2. The molecule has 4 nitrogen and oxygen atoms in total. The minimum Gasteiger partial charge on any atom is -0.394 e. The Bertz CT molecular complexity index is 256. The SMILES string of the molecule is CCC(CO)N1C(=O)CC(C)(C)C1=O. The smallest absolute Gasteiger partial charge is 0.235 e. The zero-order chi connectivity index (χ0) is 10.9. The van der Waals surface area contributed by atoms with Gasteiger partial charge in [-0.1, -0.05) is 20.8 Å². The molecule has 1 saturated heterocycles. The van der Waals surface area contributed by atoms with Crippen LogP contribution in [0.2, 0.25) is 0 Å². The molecule has 1 rings (SSSR count). The first-order valence-electron chi connectivity index (χ1n) is 4.91. The molecule has 0 spiro atoms. The van der Waals surface area contributed by atoms with Crippen LogP contribution in [0.25, 0.3) is 0 Å². The van der Waals surface area contributed by atoms with Crippen LogP contribution < -0.4 is 0 Å². The highest BCUT2D eigenvalue weighted by atomic mass is 16.3. The quantitative estimate of drug-likeness (QED) is 0.675. The molecule has 14 heavy (non-hydrogen) atoms. The summed E-state index contributed by atoms with van der Waals surface area (Å²) < 4.78 is 0. The van der Waals surface area contributed by atoms with Crippen molar-refractivity contribution in [1.82, 2.24) is 4.90 Å². The molecule has 1 heterocycles. The molecular formula is C10H17NO3. The van der Waals surface area contributed by atoms with Gasteiger partial charge in [-0.05, 0) is 6.42 Å². The first-order chi connectivity index (χ1) is 6.44. The van der Waals surface area contributed by atoms with E-state index in [1.165, 1.54) is 4.90 Å². The Morgan fingerprint density at radius 3 is 2.36 bits per heavy atom. The number of likely N-dealkylation sites (tertiary alicyclic amines) is 1. The molecule has 1 atom stereocenters. The molecule has 0 aromatic carbocycles. The Balaban J connectivity index is 2.90. The summed E-state index contributed by atoms with van der Waals surface area (Å²) in [7, 11) is 0. The predicted molar refractivity (Wildman–Crippen MR) is 51.4 cm³/mol. The Morgan fingerprint density at radius 1 is 1.50 bits per heavy atom. The monoisotopic (exact) mass is 199 g/mol. The van der Waals surface area contributed by atoms with Crippen molar-refractivity contribution in [2.75, 3.05) is 6.61 Å². The van der Waals surface area contributed by atoms with Gasteiger partial charge in [-0.25, -0.2) is 0 Å². The second-order valence-corrected chi connectivity index (χ2v) is 4.37. The molecule has 1 unspecified atom stereocenters. The van der Waals surface area contributed by atoms with Gasteiger partial charge in [-0.15, -0.1) is 0 Å². The fraction of sp³-hybridized carbons (Fsp3) is 0.800. The van der Waals surface area contributed by atoms with E-state index in [4.69, 9.17) is 5.11 Å². The van der Waals surface area contributed by atoms with Crippen LogP contribution in [-0.2, 0) is 9.59 Å². The highest BCUT2D eigenvalue weighted by Gasteiger charge is 2.46. The van der Waals surface area contributed by atoms with Crippen LogP contribution in [-0.4, -0.2) is 34.5 Å². The minimum absolute atomic E-state index is 0.149. The molecule has 1 N–H and O–H groups in total. The number of aliphatic hydroxyl groups is 1. The Kier molecular flexibility index (Phi) is 2.95. The third-order valence-corrected chi connectivity index (χ3v) is 2.71. The largest absolute Gasteiger partial charge is 0.394 e. The third-order valence-electron chi connectivity index (χ3n) is 2.71. The first kappa shape index (κ1) is 11.2. The summed E-state index contributed by atoms with van der Waals surface area (Å²) in [6.45, 7) is 5.23. The minimum atomic E-state index is -0.598. The molecule has 0 aliphatic carbocycles. The van der Waals surface area contributed by atoms with E-state index in [1.807, 2.05) is 6.92 Å². The van der Waals surface area contributed by atoms with Crippen molar-refractivity contribution >= 4 is 11.8 Å². The zero-order valence-corrected chi connectivity index (χ0v) is 8.91. The van der Waals surface area contributed by atoms with E-state index in [1.54, 1.807) is 13.8 Å². The average Bonchev–Trinajstić information content (AvgIpc) is 2.29. The van der Waals surface area contributed by atoms with Crippen molar-refractivity contribution in [3.05, 3.63) is 0 Å². The third kappa shape index (κ3) is 1.66. The van der Waals surface area contributed by atoms with Crippen molar-refractivity contribution in [1.29, 1.82) is 0 Å². The maximum absolute atomic E-state index is 11.8. The van der Waals surface area contributed by atoms with Crippen LogP contribution in [0.1, 0.15) is 33.6 Å². The summed E-state index contributed by atoms with van der Waals surface area (Å²) in [6.07, 6.45) is 0.854. The van der Waals surface area contributed by atoms with E-state index in [2.05, 4.69) is 0 Å². The molecule has 1 aliphatic rings. The van der Waals surface area contributed by atoms with Gasteiger partial charge in [-0.2, -0.15) is 0 Å². The van der Waals surface area contributed by atoms with Gasteiger partial charge >= 0.3 is 0 Å². The van der Waals surface area contributed by atoms with E-state index in [0.29, 0.717) is 6.42 Å². The lowest BCUT2D eigenvalue weighted by atomic mass is 9.92. The van der Waals surface area contributed by atoms with Gasteiger partial charge in [0.1, 0.15) is 0 Å². The molecule has 2 amide bonds. The molecule has 4 heteroatoms. The summed E-state index contributed by atoms with van der Waals surface area (Å²) in [5.74, 6) is -0.329. The van der Waals surface area contributed by atoms with Crippen molar-refractivity contribution < 1.29 is 14.7 Å². The highest BCUT2D eigenvalue weighted by Crippen LogP contribution is 2.33. The number of carbonyl (C=O) groups excluding carboxylic acids is 2. The van der Waals surface area contributed by atoms with Gasteiger partial charge in [-0.3, -0.25) is 14.5 Å². The normalized spacial score (nSPS) is 23.0. The van der Waals surface area contributed by atoms with Crippen LogP contribution >= 0.6 is 0 Å². The fourth-order valence-corrected chi connectivity index (χ4v) is 1.74. The Hall–Kier alpha value is -0.900. The molecule has 0 radical (unpaired) electrons. The van der Waals surface area contributed by atoms with Gasteiger partial charge in [0.05, 0.1) is 18.1 Å². The maximum Gasteiger partial charge on any atom is 0.235 e. The van der Waals surface area contributed by atoms with Gasteiger partial charge in [0.15, 0.2) is 0 Å². The van der Waals surface area contributed by atoms with Crippen LogP contribution in [0.15, 0.2) is 0 Å². The summed E-state index contributed by atoms with van der Waals surface area (Å²) in [5.41, 5.74) is -0.598. The van der Waals surface area contributed by atoms with E-state index < -0.39 is 5.41 Å². The molecule has 0 bridgehead atoms. The summed E-state index contributed by atoms with van der Waals surface area (Å²) in [5, 5.41) is 9.05. The number of amides is 2. The number of rotatable bonds is 3. The van der Waals surface area contributed by atoms with E-state index in [0.717, 1.165) is 0 Å². The number of nitrogens with zero attached hydrogens (tertiary/aromatic N) is 1. The second kappa shape index (κ2) is 3.69. The van der Waals surface area contributed by atoms with E-state index >= 15 is 0 Å². The molecule has 80 valence electrons. The fourth-order valence-electron chi connectivity index (χ4n) is 1.74. The highest BCUT2D eigenvalue weighted by molar-refractivity contribution is 6.05. The van der Waals surface area contributed by atoms with Crippen LogP contribution in [0, 0.1) is 5.41 Å². The van der Waals surface area contributed by atoms with Gasteiger partial charge in [0.25, 0.3) is 0 Å². The summed E-state index contributed by atoms with van der Waals surface area (Å²) in [6, 6.07) is -0.350. The van der Waals surface area contributed by atoms with Crippen LogP contribution in [0.3, 0.4) is 0 Å². The van der Waals surface area contributed by atoms with Crippen molar-refractivity contribution in [3.8, 4) is 0 Å². The van der Waals surface area contributed by atoms with Gasteiger partial charge in [0.2, 0.25) is 11.8 Å². The molecule has 0 saturated carbocycles. The summed E-state index contributed by atoms with van der Waals surface area (Å²) >= 11 is 0.